The average molecular weight is 286 g/mol. The number of rotatable bonds is 5. The number of sulfonamides is 1. The standard InChI is InChI=1S/C11H18N4O3S/c1-3-4-7-9(19(12,17)18)8(15-14-7)10(16)13-11(2)5-6-11/h3-6H2,1-2H3,(H,13,16)(H,14,15)(H2,12,17,18). The maximum Gasteiger partial charge on any atom is 0.273 e. The van der Waals surface area contributed by atoms with Crippen molar-refractivity contribution in [3.05, 3.63) is 11.4 Å². The van der Waals surface area contributed by atoms with Gasteiger partial charge >= 0.3 is 0 Å². The topological polar surface area (TPSA) is 118 Å². The van der Waals surface area contributed by atoms with Crippen molar-refractivity contribution in [2.75, 3.05) is 0 Å². The molecule has 0 aliphatic heterocycles. The molecule has 1 saturated carbocycles. The fourth-order valence-corrected chi connectivity index (χ4v) is 2.79. The van der Waals surface area contributed by atoms with Crippen LogP contribution in [0.1, 0.15) is 49.3 Å². The van der Waals surface area contributed by atoms with Gasteiger partial charge in [0.1, 0.15) is 4.90 Å². The monoisotopic (exact) mass is 286 g/mol. The van der Waals surface area contributed by atoms with Crippen LogP contribution in [0.2, 0.25) is 0 Å². The van der Waals surface area contributed by atoms with Gasteiger partial charge in [-0.1, -0.05) is 13.3 Å². The summed E-state index contributed by atoms with van der Waals surface area (Å²) in [6.45, 7) is 3.81. The molecule has 1 fully saturated rings. The molecule has 0 radical (unpaired) electrons. The van der Waals surface area contributed by atoms with E-state index in [4.69, 9.17) is 5.14 Å². The highest BCUT2D eigenvalue weighted by Gasteiger charge is 2.40. The zero-order chi connectivity index (χ0) is 14.3. The van der Waals surface area contributed by atoms with Crippen molar-refractivity contribution in [2.45, 2.75) is 50.0 Å². The zero-order valence-electron chi connectivity index (χ0n) is 11.0. The molecule has 0 bridgehead atoms. The van der Waals surface area contributed by atoms with E-state index < -0.39 is 15.9 Å². The van der Waals surface area contributed by atoms with E-state index in [0.717, 1.165) is 19.3 Å². The van der Waals surface area contributed by atoms with Gasteiger partial charge in [0.15, 0.2) is 5.69 Å². The van der Waals surface area contributed by atoms with E-state index in [2.05, 4.69) is 15.5 Å². The fourth-order valence-electron chi connectivity index (χ4n) is 1.89. The molecule has 8 heteroatoms. The van der Waals surface area contributed by atoms with Crippen molar-refractivity contribution >= 4 is 15.9 Å². The normalized spacial score (nSPS) is 17.2. The van der Waals surface area contributed by atoms with E-state index in [1.54, 1.807) is 0 Å². The predicted molar refractivity (Wildman–Crippen MR) is 69.1 cm³/mol. The lowest BCUT2D eigenvalue weighted by atomic mass is 10.2. The van der Waals surface area contributed by atoms with Gasteiger partial charge in [0.05, 0.1) is 5.69 Å². The third kappa shape index (κ3) is 2.95. The van der Waals surface area contributed by atoms with Gasteiger partial charge in [0, 0.05) is 5.54 Å². The molecule has 0 atom stereocenters. The van der Waals surface area contributed by atoms with Crippen molar-refractivity contribution in [3.63, 3.8) is 0 Å². The predicted octanol–water partition coefficient (Wildman–Crippen LogP) is 0.292. The first kappa shape index (κ1) is 14.0. The van der Waals surface area contributed by atoms with Crippen LogP contribution < -0.4 is 10.5 Å². The summed E-state index contributed by atoms with van der Waals surface area (Å²) in [5.41, 5.74) is 0.00603. The molecule has 0 spiro atoms. The Morgan fingerprint density at radius 2 is 2.16 bits per heavy atom. The molecule has 4 N–H and O–H groups in total. The van der Waals surface area contributed by atoms with Crippen molar-refractivity contribution in [1.82, 2.24) is 15.5 Å². The number of nitrogens with two attached hydrogens (primary N) is 1. The second-order valence-corrected chi connectivity index (χ2v) is 6.69. The van der Waals surface area contributed by atoms with Crippen LogP contribution in [0, 0.1) is 0 Å². The van der Waals surface area contributed by atoms with Crippen molar-refractivity contribution in [1.29, 1.82) is 0 Å². The Balaban J connectivity index is 2.37. The van der Waals surface area contributed by atoms with Gasteiger partial charge in [0.25, 0.3) is 5.91 Å². The maximum atomic E-state index is 12.1. The van der Waals surface area contributed by atoms with E-state index in [-0.39, 0.29) is 16.1 Å². The number of aryl methyl sites for hydroxylation is 1. The van der Waals surface area contributed by atoms with Gasteiger partial charge in [-0.15, -0.1) is 0 Å². The zero-order valence-corrected chi connectivity index (χ0v) is 11.8. The first-order valence-electron chi connectivity index (χ1n) is 6.19. The van der Waals surface area contributed by atoms with E-state index in [1.165, 1.54) is 0 Å². The Bertz CT molecular complexity index is 601. The van der Waals surface area contributed by atoms with Crippen LogP contribution >= 0.6 is 0 Å². The van der Waals surface area contributed by atoms with Gasteiger partial charge in [0.2, 0.25) is 10.0 Å². The molecule has 1 heterocycles. The molecule has 106 valence electrons. The Morgan fingerprint density at radius 3 is 2.63 bits per heavy atom. The summed E-state index contributed by atoms with van der Waals surface area (Å²) >= 11 is 0. The number of H-pyrrole nitrogens is 1. The lowest BCUT2D eigenvalue weighted by molar-refractivity contribution is 0.0927. The molecule has 2 rings (SSSR count). The average Bonchev–Trinajstić information content (AvgIpc) is 2.85. The second kappa shape index (κ2) is 4.61. The minimum atomic E-state index is -3.98. The number of hydrogen-bond acceptors (Lipinski definition) is 4. The van der Waals surface area contributed by atoms with Crippen LogP contribution in [0.15, 0.2) is 4.90 Å². The van der Waals surface area contributed by atoms with E-state index in [1.807, 2.05) is 13.8 Å². The Hall–Kier alpha value is -1.41. The van der Waals surface area contributed by atoms with Crippen LogP contribution in [0.4, 0.5) is 0 Å². The van der Waals surface area contributed by atoms with Gasteiger partial charge in [-0.3, -0.25) is 9.89 Å². The SMILES string of the molecule is CCCc1[nH]nc(C(=O)NC2(C)CC2)c1S(N)(=O)=O. The molecule has 0 aromatic carbocycles. The maximum absolute atomic E-state index is 12.1. The van der Waals surface area contributed by atoms with Crippen molar-refractivity contribution < 1.29 is 13.2 Å². The molecular weight excluding hydrogens is 268 g/mol. The highest BCUT2D eigenvalue weighted by Crippen LogP contribution is 2.34. The largest absolute Gasteiger partial charge is 0.345 e. The Labute approximate surface area is 112 Å². The number of hydrogen-bond donors (Lipinski definition) is 3. The molecule has 0 saturated heterocycles. The summed E-state index contributed by atoms with van der Waals surface area (Å²) < 4.78 is 23.3. The number of primary sulfonamides is 1. The summed E-state index contributed by atoms with van der Waals surface area (Å²) in [7, 11) is -3.98. The number of aromatic nitrogens is 2. The number of aromatic amines is 1. The highest BCUT2D eigenvalue weighted by atomic mass is 32.2. The summed E-state index contributed by atoms with van der Waals surface area (Å²) in [5, 5.41) is 14.4. The summed E-state index contributed by atoms with van der Waals surface area (Å²) in [6.07, 6.45) is 2.97. The first-order chi connectivity index (χ1) is 8.77. The minimum absolute atomic E-state index is 0.140. The number of amides is 1. The van der Waals surface area contributed by atoms with Crippen LogP contribution in [-0.2, 0) is 16.4 Å². The molecule has 0 unspecified atom stereocenters. The van der Waals surface area contributed by atoms with Crippen LogP contribution in [0.5, 0.6) is 0 Å². The molecule has 19 heavy (non-hydrogen) atoms. The fraction of sp³-hybridized carbons (Fsp3) is 0.636. The van der Waals surface area contributed by atoms with Gasteiger partial charge in [-0.25, -0.2) is 13.6 Å². The summed E-state index contributed by atoms with van der Waals surface area (Å²) in [5.74, 6) is -0.498. The number of nitrogens with one attached hydrogen (secondary N) is 2. The van der Waals surface area contributed by atoms with Crippen molar-refractivity contribution in [3.8, 4) is 0 Å². The number of nitrogens with zero attached hydrogens (tertiary/aromatic N) is 1. The van der Waals surface area contributed by atoms with Crippen molar-refractivity contribution in [2.24, 2.45) is 5.14 Å². The minimum Gasteiger partial charge on any atom is -0.345 e. The molecule has 1 amide bonds. The molecular formula is C11H18N4O3S. The smallest absolute Gasteiger partial charge is 0.273 e. The lowest BCUT2D eigenvalue weighted by Crippen LogP contribution is -2.35. The molecule has 1 aliphatic carbocycles. The number of carbonyl (C=O) groups excluding carboxylic acids is 1. The van der Waals surface area contributed by atoms with Gasteiger partial charge in [-0.05, 0) is 26.2 Å². The summed E-state index contributed by atoms with van der Waals surface area (Å²) in [4.78, 5) is 11.9. The molecule has 7 nitrogen and oxygen atoms in total. The molecule has 1 aromatic rings. The first-order valence-corrected chi connectivity index (χ1v) is 7.74. The van der Waals surface area contributed by atoms with E-state index in [0.29, 0.717) is 12.1 Å². The van der Waals surface area contributed by atoms with Gasteiger partial charge in [-0.2, -0.15) is 5.10 Å². The van der Waals surface area contributed by atoms with Gasteiger partial charge < -0.3 is 5.32 Å². The lowest BCUT2D eigenvalue weighted by Gasteiger charge is -2.10. The van der Waals surface area contributed by atoms with Crippen LogP contribution in [0.3, 0.4) is 0 Å². The quantitative estimate of drug-likeness (QED) is 0.721. The third-order valence-electron chi connectivity index (χ3n) is 3.21. The van der Waals surface area contributed by atoms with E-state index in [9.17, 15) is 13.2 Å². The van der Waals surface area contributed by atoms with Crippen LogP contribution in [-0.4, -0.2) is 30.1 Å². The Morgan fingerprint density at radius 1 is 1.53 bits per heavy atom. The molecule has 1 aromatic heterocycles. The third-order valence-corrected chi connectivity index (χ3v) is 4.22. The van der Waals surface area contributed by atoms with Crippen LogP contribution in [0.25, 0.3) is 0 Å². The number of carbonyl (C=O) groups is 1. The Kier molecular flexibility index (Phi) is 3.40. The van der Waals surface area contributed by atoms with E-state index >= 15 is 0 Å². The highest BCUT2D eigenvalue weighted by molar-refractivity contribution is 7.89. The molecule has 1 aliphatic rings. The summed E-state index contributed by atoms with van der Waals surface area (Å²) in [6, 6.07) is 0. The second-order valence-electron chi connectivity index (χ2n) is 5.19.